The number of alkyl halides is 3. The van der Waals surface area contributed by atoms with Crippen LogP contribution in [0.4, 0.5) is 13.2 Å². The molecule has 0 amide bonds. The Kier molecular flexibility index (Phi) is 16.6. The Hall–Kier alpha value is -1.85. The van der Waals surface area contributed by atoms with Crippen LogP contribution in [0.2, 0.25) is 0 Å². The SMILES string of the molecule is C.CC(=O)Cl.Cl.O=C(c1ccccc1)C(F)(F)F.c1ccccc1. The first-order valence-electron chi connectivity index (χ1n) is 6.07. The molecule has 24 heavy (non-hydrogen) atoms. The predicted octanol–water partition coefficient (Wildman–Crippen LogP) is 5.95. The highest BCUT2D eigenvalue weighted by Gasteiger charge is 2.38. The minimum atomic E-state index is -4.78. The lowest BCUT2D eigenvalue weighted by Gasteiger charge is -2.03. The summed E-state index contributed by atoms with van der Waals surface area (Å²) in [4.78, 5) is 19.8. The number of halogens is 5. The van der Waals surface area contributed by atoms with Crippen molar-refractivity contribution in [2.45, 2.75) is 20.5 Å². The van der Waals surface area contributed by atoms with Crippen LogP contribution in [0.15, 0.2) is 66.7 Å². The van der Waals surface area contributed by atoms with Crippen molar-refractivity contribution in [1.29, 1.82) is 0 Å². The first-order chi connectivity index (χ1) is 10.2. The maximum absolute atomic E-state index is 11.8. The third-order valence-electron chi connectivity index (χ3n) is 1.96. The van der Waals surface area contributed by atoms with E-state index in [1.807, 2.05) is 36.4 Å². The van der Waals surface area contributed by atoms with E-state index in [-0.39, 0.29) is 30.6 Å². The van der Waals surface area contributed by atoms with Gasteiger partial charge in [-0.15, -0.1) is 12.4 Å². The van der Waals surface area contributed by atoms with E-state index in [2.05, 4.69) is 11.6 Å². The normalized spacial score (nSPS) is 8.71. The molecule has 2 aromatic rings. The third-order valence-corrected chi connectivity index (χ3v) is 1.96. The van der Waals surface area contributed by atoms with Gasteiger partial charge in [-0.25, -0.2) is 0 Å². The second-order valence-corrected chi connectivity index (χ2v) is 4.35. The van der Waals surface area contributed by atoms with E-state index in [9.17, 15) is 22.8 Å². The van der Waals surface area contributed by atoms with E-state index in [1.165, 1.54) is 19.1 Å². The summed E-state index contributed by atoms with van der Waals surface area (Å²) in [7, 11) is 0. The van der Waals surface area contributed by atoms with Gasteiger partial charge in [0, 0.05) is 12.5 Å². The Bertz CT molecular complexity index is 528. The first-order valence-corrected chi connectivity index (χ1v) is 6.45. The summed E-state index contributed by atoms with van der Waals surface area (Å²) in [6, 6.07) is 18.6. The Morgan fingerprint density at radius 1 is 0.833 bits per heavy atom. The van der Waals surface area contributed by atoms with E-state index >= 15 is 0 Å². The molecule has 0 unspecified atom stereocenters. The van der Waals surface area contributed by atoms with Gasteiger partial charge in [-0.05, 0) is 11.6 Å². The maximum Gasteiger partial charge on any atom is 0.454 e. The smallest absolute Gasteiger partial charge is 0.284 e. The lowest BCUT2D eigenvalue weighted by Crippen LogP contribution is -2.22. The molecule has 0 aliphatic carbocycles. The fourth-order valence-corrected chi connectivity index (χ4v) is 1.14. The number of hydrogen-bond acceptors (Lipinski definition) is 2. The van der Waals surface area contributed by atoms with Crippen LogP contribution < -0.4 is 0 Å². The maximum atomic E-state index is 11.8. The van der Waals surface area contributed by atoms with Crippen LogP contribution in [0.5, 0.6) is 0 Å². The van der Waals surface area contributed by atoms with Gasteiger partial charge in [0.15, 0.2) is 0 Å². The molecule has 2 aromatic carbocycles. The van der Waals surface area contributed by atoms with Crippen molar-refractivity contribution >= 4 is 35.0 Å². The van der Waals surface area contributed by atoms with Crippen LogP contribution in [0.3, 0.4) is 0 Å². The molecule has 0 radical (unpaired) electrons. The second kappa shape index (κ2) is 14.7. The highest BCUT2D eigenvalue weighted by atomic mass is 35.5. The summed E-state index contributed by atoms with van der Waals surface area (Å²) in [5, 5.41) is -0.361. The van der Waals surface area contributed by atoms with Crippen molar-refractivity contribution in [3.63, 3.8) is 0 Å². The largest absolute Gasteiger partial charge is 0.454 e. The molecule has 0 fully saturated rings. The average Bonchev–Trinajstić information content (AvgIpc) is 2.48. The summed E-state index contributed by atoms with van der Waals surface area (Å²) in [6.07, 6.45) is -4.78. The topological polar surface area (TPSA) is 34.1 Å². The Labute approximate surface area is 151 Å². The summed E-state index contributed by atoms with van der Waals surface area (Å²) in [5.74, 6) is -1.80. The minimum absolute atomic E-state index is 0. The Balaban J connectivity index is -0.000000311. The molecule has 134 valence electrons. The molecule has 0 saturated heterocycles. The van der Waals surface area contributed by atoms with E-state index in [0.29, 0.717) is 0 Å². The predicted molar refractivity (Wildman–Crippen MR) is 93.8 cm³/mol. The average molecular weight is 383 g/mol. The van der Waals surface area contributed by atoms with Gasteiger partial charge in [-0.3, -0.25) is 9.59 Å². The van der Waals surface area contributed by atoms with E-state index < -0.39 is 12.0 Å². The Morgan fingerprint density at radius 2 is 1.08 bits per heavy atom. The van der Waals surface area contributed by atoms with Crippen molar-refractivity contribution in [2.75, 3.05) is 0 Å². The number of hydrogen-bond donors (Lipinski definition) is 0. The van der Waals surface area contributed by atoms with E-state index in [1.54, 1.807) is 6.07 Å². The van der Waals surface area contributed by atoms with Crippen LogP contribution in [-0.4, -0.2) is 17.2 Å². The summed E-state index contributed by atoms with van der Waals surface area (Å²) < 4.78 is 35.4. The lowest BCUT2D eigenvalue weighted by molar-refractivity contribution is -0.109. The number of carbonyl (C=O) groups is 2. The molecule has 0 spiro atoms. The zero-order valence-electron chi connectivity index (χ0n) is 12.1. The lowest BCUT2D eigenvalue weighted by atomic mass is 10.1. The van der Waals surface area contributed by atoms with Crippen LogP contribution >= 0.6 is 24.0 Å². The Morgan fingerprint density at radius 3 is 1.33 bits per heavy atom. The van der Waals surface area contributed by atoms with E-state index in [4.69, 9.17) is 0 Å². The molecule has 0 aliphatic heterocycles. The van der Waals surface area contributed by atoms with Gasteiger partial charge in [-0.1, -0.05) is 74.2 Å². The number of carbonyl (C=O) groups excluding carboxylic acids is 2. The number of benzene rings is 2. The van der Waals surface area contributed by atoms with Crippen molar-refractivity contribution in [2.24, 2.45) is 0 Å². The van der Waals surface area contributed by atoms with Gasteiger partial charge in [0.1, 0.15) is 0 Å². The molecule has 2 rings (SSSR count). The fourth-order valence-electron chi connectivity index (χ4n) is 1.14. The fraction of sp³-hybridized carbons (Fsp3) is 0.176. The molecule has 2 nitrogen and oxygen atoms in total. The molecule has 0 aliphatic rings. The van der Waals surface area contributed by atoms with Crippen molar-refractivity contribution in [3.05, 3.63) is 72.3 Å². The van der Waals surface area contributed by atoms with Crippen LogP contribution in [0, 0.1) is 0 Å². The van der Waals surface area contributed by atoms with E-state index in [0.717, 1.165) is 12.1 Å². The van der Waals surface area contributed by atoms with Crippen LogP contribution in [-0.2, 0) is 4.79 Å². The number of ketones is 1. The highest BCUT2D eigenvalue weighted by molar-refractivity contribution is 6.62. The molecular formula is C17H19Cl2F3O2. The van der Waals surface area contributed by atoms with Gasteiger partial charge in [-0.2, -0.15) is 13.2 Å². The van der Waals surface area contributed by atoms with Gasteiger partial charge in [0.2, 0.25) is 5.24 Å². The molecular weight excluding hydrogens is 364 g/mol. The van der Waals surface area contributed by atoms with Crippen molar-refractivity contribution < 1.29 is 22.8 Å². The third kappa shape index (κ3) is 15.1. The molecule has 0 aromatic heterocycles. The minimum Gasteiger partial charge on any atom is -0.284 e. The summed E-state index contributed by atoms with van der Waals surface area (Å²) in [6.45, 7) is 1.29. The van der Waals surface area contributed by atoms with Crippen molar-refractivity contribution in [3.8, 4) is 0 Å². The van der Waals surface area contributed by atoms with Crippen LogP contribution in [0.25, 0.3) is 0 Å². The molecule has 0 atom stereocenters. The molecule has 0 heterocycles. The van der Waals surface area contributed by atoms with Gasteiger partial charge in [0.25, 0.3) is 5.78 Å². The van der Waals surface area contributed by atoms with Crippen LogP contribution in [0.1, 0.15) is 24.7 Å². The van der Waals surface area contributed by atoms with Gasteiger partial charge in [0.05, 0.1) is 0 Å². The van der Waals surface area contributed by atoms with Crippen molar-refractivity contribution in [1.82, 2.24) is 0 Å². The van der Waals surface area contributed by atoms with Gasteiger partial charge < -0.3 is 0 Å². The van der Waals surface area contributed by atoms with Gasteiger partial charge >= 0.3 is 6.18 Å². The molecule has 0 bridgehead atoms. The monoisotopic (exact) mass is 382 g/mol. The summed E-state index contributed by atoms with van der Waals surface area (Å²) >= 11 is 4.64. The summed E-state index contributed by atoms with van der Waals surface area (Å²) in [5.41, 5.74) is -0.329. The standard InChI is InChI=1S/C8H5F3O.C6H6.C2H3ClO.CH4.ClH/c9-8(10,11)7(12)6-4-2-1-3-5-6;1-2-4-6-5-3-1;1-2(3)4;;/h1-5H;1-6H;1H3;1H4;1H. The molecule has 0 N–H and O–H groups in total. The number of rotatable bonds is 1. The second-order valence-electron chi connectivity index (χ2n) is 3.82. The zero-order chi connectivity index (χ0) is 17.0. The highest BCUT2D eigenvalue weighted by Crippen LogP contribution is 2.20. The molecule has 0 saturated carbocycles. The first kappa shape index (κ1) is 27.0. The zero-order valence-corrected chi connectivity index (χ0v) is 13.7. The number of Topliss-reactive ketones (excluding diaryl/α,β-unsaturated/α-hetero) is 1. The quantitative estimate of drug-likeness (QED) is 0.451. The molecule has 7 heteroatoms.